The van der Waals surface area contributed by atoms with E-state index in [2.05, 4.69) is 10.6 Å². The number of rotatable bonds is 6. The third-order valence-corrected chi connectivity index (χ3v) is 5.24. The summed E-state index contributed by atoms with van der Waals surface area (Å²) in [6.45, 7) is 1.05. The molecule has 6 nitrogen and oxygen atoms in total. The first kappa shape index (κ1) is 17.7. The van der Waals surface area contributed by atoms with E-state index in [1.807, 2.05) is 24.3 Å². The molecule has 0 unspecified atom stereocenters. The van der Waals surface area contributed by atoms with Crippen molar-refractivity contribution >= 4 is 35.0 Å². The number of carbonyl (C=O) groups excluding carboxylic acids is 2. The van der Waals surface area contributed by atoms with Crippen LogP contribution in [0.5, 0.6) is 11.5 Å². The molecule has 2 N–H and O–H groups in total. The zero-order valence-corrected chi connectivity index (χ0v) is 15.5. The summed E-state index contributed by atoms with van der Waals surface area (Å²) in [6.07, 6.45) is 1.95. The van der Waals surface area contributed by atoms with Crippen molar-refractivity contribution in [3.63, 3.8) is 0 Å². The molecule has 0 atom stereocenters. The van der Waals surface area contributed by atoms with Gasteiger partial charge in [-0.2, -0.15) is 0 Å². The summed E-state index contributed by atoms with van der Waals surface area (Å²) in [6, 6.07) is 12.9. The predicted molar refractivity (Wildman–Crippen MR) is 105 cm³/mol. The van der Waals surface area contributed by atoms with Gasteiger partial charge < -0.3 is 20.1 Å². The van der Waals surface area contributed by atoms with Crippen molar-refractivity contribution in [2.45, 2.75) is 17.7 Å². The fourth-order valence-corrected chi connectivity index (χ4v) is 3.48. The Morgan fingerprint density at radius 3 is 2.56 bits per heavy atom. The highest BCUT2D eigenvalue weighted by molar-refractivity contribution is 8.00. The molecule has 1 aliphatic carbocycles. The first-order valence-electron chi connectivity index (χ1n) is 8.90. The van der Waals surface area contributed by atoms with E-state index < -0.39 is 0 Å². The molecule has 7 heteroatoms. The Morgan fingerprint density at radius 2 is 1.74 bits per heavy atom. The Bertz CT molecular complexity index is 867. The topological polar surface area (TPSA) is 76.7 Å². The number of anilines is 2. The lowest BCUT2D eigenvalue weighted by Crippen LogP contribution is -2.17. The van der Waals surface area contributed by atoms with Crippen LogP contribution in [0.4, 0.5) is 11.4 Å². The minimum atomic E-state index is -0.107. The number of nitrogens with one attached hydrogen (secondary N) is 2. The zero-order chi connectivity index (χ0) is 18.6. The zero-order valence-electron chi connectivity index (χ0n) is 14.7. The fourth-order valence-electron chi connectivity index (χ4n) is 2.72. The van der Waals surface area contributed by atoms with E-state index in [0.29, 0.717) is 30.4 Å². The third-order valence-electron chi connectivity index (χ3n) is 4.25. The molecule has 27 heavy (non-hydrogen) atoms. The Morgan fingerprint density at radius 1 is 0.963 bits per heavy atom. The third kappa shape index (κ3) is 4.74. The van der Waals surface area contributed by atoms with Gasteiger partial charge in [-0.15, -0.1) is 11.8 Å². The maximum atomic E-state index is 12.2. The maximum Gasteiger partial charge on any atom is 0.234 e. The molecule has 1 fully saturated rings. The first-order valence-corrected chi connectivity index (χ1v) is 9.89. The number of benzene rings is 2. The monoisotopic (exact) mass is 384 g/mol. The molecule has 0 aromatic heterocycles. The minimum Gasteiger partial charge on any atom is -0.486 e. The molecule has 2 aliphatic rings. The number of ether oxygens (including phenoxy) is 2. The van der Waals surface area contributed by atoms with Crippen molar-refractivity contribution in [2.75, 3.05) is 29.6 Å². The lowest BCUT2D eigenvalue weighted by Gasteiger charge is -2.19. The summed E-state index contributed by atoms with van der Waals surface area (Å²) in [5.41, 5.74) is 1.44. The second-order valence-electron chi connectivity index (χ2n) is 6.49. The van der Waals surface area contributed by atoms with Gasteiger partial charge in [0, 0.05) is 28.3 Å². The van der Waals surface area contributed by atoms with E-state index in [4.69, 9.17) is 9.47 Å². The van der Waals surface area contributed by atoms with Crippen molar-refractivity contribution in [1.82, 2.24) is 0 Å². The average Bonchev–Trinajstić information content (AvgIpc) is 3.52. The standard InChI is InChI=1S/C20H20N2O4S/c23-19(21-15-6-7-17-18(11-15)26-9-8-25-17)12-27-16-3-1-2-14(10-16)22-20(24)13-4-5-13/h1-3,6-7,10-11,13H,4-5,8-9,12H2,(H,21,23)(H,22,24). The number of carbonyl (C=O) groups is 2. The molecule has 4 rings (SSSR count). The van der Waals surface area contributed by atoms with Crippen molar-refractivity contribution in [3.8, 4) is 11.5 Å². The second kappa shape index (κ2) is 7.92. The van der Waals surface area contributed by atoms with E-state index >= 15 is 0 Å². The first-order chi connectivity index (χ1) is 13.2. The van der Waals surface area contributed by atoms with Crippen molar-refractivity contribution in [3.05, 3.63) is 42.5 Å². The fraction of sp³-hybridized carbons (Fsp3) is 0.300. The minimum absolute atomic E-state index is 0.0773. The number of amides is 2. The van der Waals surface area contributed by atoms with Crippen LogP contribution in [0, 0.1) is 5.92 Å². The van der Waals surface area contributed by atoms with Crippen LogP contribution in [0.1, 0.15) is 12.8 Å². The molecule has 140 valence electrons. The molecule has 1 saturated carbocycles. The van der Waals surface area contributed by atoms with Crippen LogP contribution in [-0.2, 0) is 9.59 Å². The van der Waals surface area contributed by atoms with Crippen LogP contribution in [-0.4, -0.2) is 30.8 Å². The van der Waals surface area contributed by atoms with Gasteiger partial charge in [-0.3, -0.25) is 9.59 Å². The molecule has 0 bridgehead atoms. The summed E-state index contributed by atoms with van der Waals surface area (Å²) in [5, 5.41) is 5.79. The van der Waals surface area contributed by atoms with Gasteiger partial charge >= 0.3 is 0 Å². The van der Waals surface area contributed by atoms with Gasteiger partial charge in [0.25, 0.3) is 0 Å². The van der Waals surface area contributed by atoms with Gasteiger partial charge in [-0.1, -0.05) is 6.07 Å². The highest BCUT2D eigenvalue weighted by atomic mass is 32.2. The number of hydrogen-bond donors (Lipinski definition) is 2. The van der Waals surface area contributed by atoms with Gasteiger partial charge in [-0.05, 0) is 43.2 Å². The molecule has 0 radical (unpaired) electrons. The van der Waals surface area contributed by atoms with Crippen molar-refractivity contribution in [1.29, 1.82) is 0 Å². The number of fused-ring (bicyclic) bond motifs is 1. The van der Waals surface area contributed by atoms with E-state index in [-0.39, 0.29) is 23.5 Å². The summed E-state index contributed by atoms with van der Waals surface area (Å²) in [4.78, 5) is 25.0. The maximum absolute atomic E-state index is 12.2. The highest BCUT2D eigenvalue weighted by Gasteiger charge is 2.29. The van der Waals surface area contributed by atoms with Gasteiger partial charge in [0.05, 0.1) is 5.75 Å². The molecule has 2 aromatic rings. The van der Waals surface area contributed by atoms with Gasteiger partial charge in [-0.25, -0.2) is 0 Å². The van der Waals surface area contributed by atoms with Crippen LogP contribution in [0.2, 0.25) is 0 Å². The van der Waals surface area contributed by atoms with Crippen molar-refractivity contribution < 1.29 is 19.1 Å². The molecule has 0 saturated heterocycles. The van der Waals surface area contributed by atoms with E-state index in [0.717, 1.165) is 23.4 Å². The van der Waals surface area contributed by atoms with Crippen LogP contribution in [0.15, 0.2) is 47.4 Å². The Labute approximate surface area is 161 Å². The Kier molecular flexibility index (Phi) is 5.20. The predicted octanol–water partition coefficient (Wildman–Crippen LogP) is 3.54. The van der Waals surface area contributed by atoms with Gasteiger partial charge in [0.2, 0.25) is 11.8 Å². The summed E-state index contributed by atoms with van der Waals surface area (Å²) < 4.78 is 11.0. The van der Waals surface area contributed by atoms with E-state index in [9.17, 15) is 9.59 Å². The molecular formula is C20H20N2O4S. The SMILES string of the molecule is O=C(CSc1cccc(NC(=O)C2CC2)c1)Nc1ccc2c(c1)OCCO2. The van der Waals surface area contributed by atoms with Crippen LogP contribution in [0.25, 0.3) is 0 Å². The largest absolute Gasteiger partial charge is 0.486 e. The molecular weight excluding hydrogens is 364 g/mol. The van der Waals surface area contributed by atoms with Crippen LogP contribution in [0.3, 0.4) is 0 Å². The highest BCUT2D eigenvalue weighted by Crippen LogP contribution is 2.33. The van der Waals surface area contributed by atoms with E-state index in [1.165, 1.54) is 11.8 Å². The lowest BCUT2D eigenvalue weighted by molar-refractivity contribution is -0.117. The summed E-state index contributed by atoms with van der Waals surface area (Å²) in [7, 11) is 0. The normalized spacial score (nSPS) is 15.1. The van der Waals surface area contributed by atoms with Crippen LogP contribution < -0.4 is 20.1 Å². The van der Waals surface area contributed by atoms with Gasteiger partial charge in [0.15, 0.2) is 11.5 Å². The lowest BCUT2D eigenvalue weighted by atomic mass is 10.2. The summed E-state index contributed by atoms with van der Waals surface area (Å²) >= 11 is 1.42. The molecule has 2 aromatic carbocycles. The molecule has 1 heterocycles. The molecule has 0 spiro atoms. The number of thioether (sulfide) groups is 1. The van der Waals surface area contributed by atoms with E-state index in [1.54, 1.807) is 18.2 Å². The average molecular weight is 384 g/mol. The smallest absolute Gasteiger partial charge is 0.234 e. The van der Waals surface area contributed by atoms with Crippen LogP contribution >= 0.6 is 11.8 Å². The van der Waals surface area contributed by atoms with Crippen molar-refractivity contribution in [2.24, 2.45) is 5.92 Å². The Hall–Kier alpha value is -2.67. The number of hydrogen-bond acceptors (Lipinski definition) is 5. The molecule has 1 aliphatic heterocycles. The van der Waals surface area contributed by atoms with Gasteiger partial charge in [0.1, 0.15) is 13.2 Å². The Balaban J connectivity index is 1.30. The molecule has 2 amide bonds. The second-order valence-corrected chi connectivity index (χ2v) is 7.54. The summed E-state index contributed by atoms with van der Waals surface area (Å²) in [5.74, 6) is 1.74. The quantitative estimate of drug-likeness (QED) is 0.745.